The van der Waals surface area contributed by atoms with Crippen LogP contribution in [0, 0.1) is 0 Å². The monoisotopic (exact) mass is 482 g/mol. The maximum absolute atomic E-state index is 11.5. The zero-order chi connectivity index (χ0) is 25.4. The highest BCUT2D eigenvalue weighted by Gasteiger charge is 2.28. The van der Waals surface area contributed by atoms with Crippen LogP contribution < -0.4 is 9.47 Å². The molecule has 8 heteroatoms. The predicted octanol–water partition coefficient (Wildman–Crippen LogP) is 4.92. The smallest absolute Gasteiger partial charge is 0.335 e. The van der Waals surface area contributed by atoms with Gasteiger partial charge < -0.3 is 24.1 Å². The number of nitrogens with zero attached hydrogens (tertiary/aromatic N) is 2. The van der Waals surface area contributed by atoms with Crippen LogP contribution in [0.3, 0.4) is 0 Å². The molecule has 3 rings (SSSR count). The second-order valence-electron chi connectivity index (χ2n) is 8.56. The summed E-state index contributed by atoms with van der Waals surface area (Å²) in [6.07, 6.45) is 0. The van der Waals surface area contributed by atoms with Crippen LogP contribution in [0.25, 0.3) is 11.3 Å². The number of ether oxygens (including phenoxy) is 4. The average molecular weight is 483 g/mol. The first-order valence-electron chi connectivity index (χ1n) is 11.7. The molecule has 0 saturated heterocycles. The minimum Gasteiger partial charge on any atom is -0.494 e. The van der Waals surface area contributed by atoms with Crippen molar-refractivity contribution < 1.29 is 28.8 Å². The van der Waals surface area contributed by atoms with E-state index in [1.54, 1.807) is 7.11 Å². The Balaban J connectivity index is 2.05. The van der Waals surface area contributed by atoms with E-state index in [0.717, 1.165) is 33.9 Å². The first kappa shape index (κ1) is 26.2. The van der Waals surface area contributed by atoms with Crippen LogP contribution in [-0.2, 0) is 34.0 Å². The molecule has 3 aromatic rings. The maximum Gasteiger partial charge on any atom is 0.335 e. The number of benzene rings is 2. The van der Waals surface area contributed by atoms with E-state index in [1.165, 1.54) is 13.8 Å². The van der Waals surface area contributed by atoms with Gasteiger partial charge in [0.2, 0.25) is 0 Å². The number of hydrogen-bond acceptors (Lipinski definition) is 6. The molecule has 1 heterocycles. The third-order valence-electron chi connectivity index (χ3n) is 5.40. The molecule has 0 aliphatic carbocycles. The van der Waals surface area contributed by atoms with Crippen molar-refractivity contribution in [1.82, 2.24) is 9.78 Å². The Morgan fingerprint density at radius 3 is 2.46 bits per heavy atom. The van der Waals surface area contributed by atoms with Crippen molar-refractivity contribution in [2.75, 3.05) is 20.3 Å². The Hall–Kier alpha value is -3.36. The summed E-state index contributed by atoms with van der Waals surface area (Å²) in [6, 6.07) is 15.7. The van der Waals surface area contributed by atoms with Crippen LogP contribution in [-0.4, -0.2) is 46.8 Å². The van der Waals surface area contributed by atoms with E-state index >= 15 is 0 Å². The zero-order valence-electron chi connectivity index (χ0n) is 21.0. The molecule has 2 aromatic carbocycles. The predicted molar refractivity (Wildman–Crippen MR) is 133 cm³/mol. The van der Waals surface area contributed by atoms with Crippen molar-refractivity contribution in [3.05, 3.63) is 65.4 Å². The second-order valence-corrected chi connectivity index (χ2v) is 8.56. The molecule has 0 aliphatic heterocycles. The minimum absolute atomic E-state index is 0.0580. The van der Waals surface area contributed by atoms with Crippen LogP contribution in [0.2, 0.25) is 0 Å². The van der Waals surface area contributed by atoms with E-state index in [1.807, 2.05) is 67.1 Å². The first-order valence-corrected chi connectivity index (χ1v) is 11.7. The Kier molecular flexibility index (Phi) is 8.89. The SMILES string of the molecule is CCOc1cc(COC)cc(-c2cc(COC(C)(C)C(=O)O)nn2Cc2ccccc2OCC)c1. The van der Waals surface area contributed by atoms with Gasteiger partial charge in [-0.3, -0.25) is 4.68 Å². The normalized spacial score (nSPS) is 11.5. The molecule has 0 aliphatic rings. The number of aliphatic carboxylic acids is 1. The van der Waals surface area contributed by atoms with Crippen LogP contribution in [0.15, 0.2) is 48.5 Å². The first-order chi connectivity index (χ1) is 16.8. The highest BCUT2D eigenvalue weighted by molar-refractivity contribution is 5.76. The molecular formula is C27H34N2O6. The lowest BCUT2D eigenvalue weighted by Crippen LogP contribution is -2.34. The number of carboxylic acid groups (broad SMARTS) is 1. The van der Waals surface area contributed by atoms with E-state index in [4.69, 9.17) is 24.0 Å². The number of carbonyl (C=O) groups is 1. The van der Waals surface area contributed by atoms with Gasteiger partial charge in [-0.05, 0) is 63.6 Å². The number of aromatic nitrogens is 2. The number of hydrogen-bond donors (Lipinski definition) is 1. The van der Waals surface area contributed by atoms with Gasteiger partial charge in [-0.25, -0.2) is 4.79 Å². The van der Waals surface area contributed by atoms with Gasteiger partial charge in [0, 0.05) is 18.2 Å². The molecule has 0 radical (unpaired) electrons. The summed E-state index contributed by atoms with van der Waals surface area (Å²) in [7, 11) is 1.65. The van der Waals surface area contributed by atoms with Crippen molar-refractivity contribution >= 4 is 5.97 Å². The summed E-state index contributed by atoms with van der Waals surface area (Å²) >= 11 is 0. The molecule has 0 spiro atoms. The Bertz CT molecular complexity index is 1110. The van der Waals surface area contributed by atoms with Gasteiger partial charge in [-0.15, -0.1) is 0 Å². The molecule has 0 amide bonds. The van der Waals surface area contributed by atoms with Gasteiger partial charge in [-0.2, -0.15) is 5.10 Å². The number of para-hydroxylation sites is 1. The van der Waals surface area contributed by atoms with E-state index in [0.29, 0.717) is 32.1 Å². The third kappa shape index (κ3) is 6.83. The van der Waals surface area contributed by atoms with Crippen molar-refractivity contribution in [3.63, 3.8) is 0 Å². The standard InChI is InChI=1S/C27H34N2O6/c1-6-33-23-13-19(17-32-5)12-21(14-23)24-15-22(18-35-27(3,4)26(30)31)28-29(24)16-20-10-8-9-11-25(20)34-7-2/h8-15H,6-7,16-18H2,1-5H3,(H,30,31). The highest BCUT2D eigenvalue weighted by atomic mass is 16.5. The van der Waals surface area contributed by atoms with Gasteiger partial charge in [0.25, 0.3) is 0 Å². The molecule has 1 aromatic heterocycles. The largest absolute Gasteiger partial charge is 0.494 e. The van der Waals surface area contributed by atoms with Crippen LogP contribution >= 0.6 is 0 Å². The van der Waals surface area contributed by atoms with E-state index in [9.17, 15) is 9.90 Å². The number of methoxy groups -OCH3 is 1. The van der Waals surface area contributed by atoms with Crippen LogP contribution in [0.5, 0.6) is 11.5 Å². The van der Waals surface area contributed by atoms with Gasteiger partial charge >= 0.3 is 5.97 Å². The summed E-state index contributed by atoms with van der Waals surface area (Å²) in [5.41, 5.74) is 3.01. The molecule has 0 bridgehead atoms. The van der Waals surface area contributed by atoms with Crippen molar-refractivity contribution in [2.45, 2.75) is 53.1 Å². The summed E-state index contributed by atoms with van der Waals surface area (Å²) in [6.45, 7) is 9.00. The fourth-order valence-electron chi connectivity index (χ4n) is 3.61. The summed E-state index contributed by atoms with van der Waals surface area (Å²) in [5, 5.41) is 14.2. The average Bonchev–Trinajstić information content (AvgIpc) is 3.22. The van der Waals surface area contributed by atoms with Gasteiger partial charge in [0.1, 0.15) is 11.5 Å². The maximum atomic E-state index is 11.5. The van der Waals surface area contributed by atoms with Crippen molar-refractivity contribution in [3.8, 4) is 22.8 Å². The molecule has 0 fully saturated rings. The quantitative estimate of drug-likeness (QED) is 0.370. The molecule has 0 atom stereocenters. The van der Waals surface area contributed by atoms with E-state index in [-0.39, 0.29) is 6.61 Å². The molecule has 35 heavy (non-hydrogen) atoms. The molecule has 0 saturated carbocycles. The fourth-order valence-corrected chi connectivity index (χ4v) is 3.61. The summed E-state index contributed by atoms with van der Waals surface area (Å²) in [4.78, 5) is 11.5. The lowest BCUT2D eigenvalue weighted by atomic mass is 10.1. The highest BCUT2D eigenvalue weighted by Crippen LogP contribution is 2.30. The minimum atomic E-state index is -1.33. The molecule has 188 valence electrons. The van der Waals surface area contributed by atoms with Gasteiger partial charge in [0.15, 0.2) is 5.60 Å². The van der Waals surface area contributed by atoms with Gasteiger partial charge in [0.05, 0.1) is 44.4 Å². The van der Waals surface area contributed by atoms with E-state index in [2.05, 4.69) is 0 Å². The Morgan fingerprint density at radius 1 is 1.03 bits per heavy atom. The number of carboxylic acids is 1. The lowest BCUT2D eigenvalue weighted by molar-refractivity contribution is -0.162. The molecule has 1 N–H and O–H groups in total. The zero-order valence-corrected chi connectivity index (χ0v) is 21.0. The van der Waals surface area contributed by atoms with Crippen molar-refractivity contribution in [1.29, 1.82) is 0 Å². The second kappa shape index (κ2) is 11.9. The fraction of sp³-hybridized carbons (Fsp3) is 0.407. The Morgan fingerprint density at radius 2 is 1.77 bits per heavy atom. The van der Waals surface area contributed by atoms with Crippen LogP contribution in [0.1, 0.15) is 44.5 Å². The third-order valence-corrected chi connectivity index (χ3v) is 5.40. The van der Waals surface area contributed by atoms with E-state index < -0.39 is 11.6 Å². The lowest BCUT2D eigenvalue weighted by Gasteiger charge is -2.19. The molecule has 0 unspecified atom stereocenters. The summed E-state index contributed by atoms with van der Waals surface area (Å²) < 4.78 is 24.5. The molecule has 8 nitrogen and oxygen atoms in total. The van der Waals surface area contributed by atoms with Crippen LogP contribution in [0.4, 0.5) is 0 Å². The Labute approximate surface area is 206 Å². The number of rotatable bonds is 13. The molecular weight excluding hydrogens is 448 g/mol. The summed E-state index contributed by atoms with van der Waals surface area (Å²) in [5.74, 6) is 0.505. The van der Waals surface area contributed by atoms with Gasteiger partial charge in [-0.1, -0.05) is 18.2 Å². The topological polar surface area (TPSA) is 92.0 Å². The van der Waals surface area contributed by atoms with Crippen molar-refractivity contribution in [2.24, 2.45) is 0 Å².